The van der Waals surface area contributed by atoms with E-state index in [0.717, 1.165) is 17.7 Å². The molecule has 22 heavy (non-hydrogen) atoms. The number of thiophene rings is 1. The fourth-order valence-electron chi connectivity index (χ4n) is 3.42. The van der Waals surface area contributed by atoms with Gasteiger partial charge in [-0.05, 0) is 49.7 Å². The number of sulfone groups is 1. The predicted octanol–water partition coefficient (Wildman–Crippen LogP) is 2.52. The van der Waals surface area contributed by atoms with E-state index >= 15 is 0 Å². The van der Waals surface area contributed by atoms with Crippen molar-refractivity contribution in [3.8, 4) is 0 Å². The minimum atomic E-state index is -2.88. The van der Waals surface area contributed by atoms with Crippen LogP contribution in [0.4, 0.5) is 0 Å². The van der Waals surface area contributed by atoms with E-state index in [4.69, 9.17) is 0 Å². The summed E-state index contributed by atoms with van der Waals surface area (Å²) in [4.78, 5) is 16.6. The number of carbonyl (C=O) groups excluding carboxylic acids is 1. The number of hydrogen-bond donors (Lipinski definition) is 0. The molecule has 0 radical (unpaired) electrons. The van der Waals surface area contributed by atoms with Gasteiger partial charge in [0.2, 0.25) is 0 Å². The van der Waals surface area contributed by atoms with Crippen LogP contribution in [0.5, 0.6) is 0 Å². The molecule has 1 saturated heterocycles. The molecule has 2 aliphatic rings. The lowest BCUT2D eigenvalue weighted by atomic mass is 9.90. The van der Waals surface area contributed by atoms with Crippen molar-refractivity contribution in [2.75, 3.05) is 18.6 Å². The van der Waals surface area contributed by atoms with Gasteiger partial charge in [-0.2, -0.15) is 0 Å². The van der Waals surface area contributed by atoms with Crippen LogP contribution in [-0.2, 0) is 22.7 Å². The van der Waals surface area contributed by atoms with Crippen LogP contribution in [0, 0.1) is 5.92 Å². The molecule has 0 unspecified atom stereocenters. The smallest absolute Gasteiger partial charge is 0.263 e. The average Bonchev–Trinajstić information content (AvgIpc) is 2.88. The molecule has 0 bridgehead atoms. The van der Waals surface area contributed by atoms with E-state index < -0.39 is 9.84 Å². The third-order valence-corrected chi connectivity index (χ3v) is 7.87. The van der Waals surface area contributed by atoms with Crippen molar-refractivity contribution in [3.63, 3.8) is 0 Å². The highest BCUT2D eigenvalue weighted by atomic mass is 32.2. The zero-order valence-electron chi connectivity index (χ0n) is 13.2. The van der Waals surface area contributed by atoms with E-state index in [9.17, 15) is 13.2 Å². The lowest BCUT2D eigenvalue weighted by Crippen LogP contribution is -2.42. The van der Waals surface area contributed by atoms with Crippen LogP contribution in [0.15, 0.2) is 6.07 Å². The summed E-state index contributed by atoms with van der Waals surface area (Å²) >= 11 is 1.63. The third kappa shape index (κ3) is 3.23. The zero-order valence-corrected chi connectivity index (χ0v) is 14.8. The van der Waals surface area contributed by atoms with Gasteiger partial charge in [-0.1, -0.05) is 6.92 Å². The second-order valence-electron chi connectivity index (χ2n) is 6.71. The van der Waals surface area contributed by atoms with Crippen molar-refractivity contribution in [1.82, 2.24) is 4.90 Å². The Morgan fingerprint density at radius 1 is 1.27 bits per heavy atom. The summed E-state index contributed by atoms with van der Waals surface area (Å²) in [6.45, 7) is 2.26. The second kappa shape index (κ2) is 5.96. The molecule has 4 nitrogen and oxygen atoms in total. The minimum Gasteiger partial charge on any atom is -0.338 e. The monoisotopic (exact) mass is 341 g/mol. The summed E-state index contributed by atoms with van der Waals surface area (Å²) in [5, 5.41) is 0. The topological polar surface area (TPSA) is 54.5 Å². The summed E-state index contributed by atoms with van der Waals surface area (Å²) in [6.07, 6.45) is 4.49. The highest BCUT2D eigenvalue weighted by Gasteiger charge is 2.30. The van der Waals surface area contributed by atoms with Crippen molar-refractivity contribution in [2.24, 2.45) is 5.92 Å². The Labute approximate surface area is 136 Å². The molecule has 1 aromatic rings. The average molecular weight is 341 g/mol. The van der Waals surface area contributed by atoms with Crippen LogP contribution in [0.3, 0.4) is 0 Å². The summed E-state index contributed by atoms with van der Waals surface area (Å²) in [5.74, 6) is 1.16. The Morgan fingerprint density at radius 2 is 1.95 bits per heavy atom. The van der Waals surface area contributed by atoms with Crippen molar-refractivity contribution in [2.45, 2.75) is 45.1 Å². The number of nitrogens with zero attached hydrogens (tertiary/aromatic N) is 1. The normalized spacial score (nSPS) is 24.7. The summed E-state index contributed by atoms with van der Waals surface area (Å²) in [7, 11) is -1.07. The Bertz CT molecular complexity index is 664. The second-order valence-corrected chi connectivity index (χ2v) is 10.1. The number of rotatable bonds is 2. The molecule has 0 aromatic carbocycles. The maximum Gasteiger partial charge on any atom is 0.263 e. The summed E-state index contributed by atoms with van der Waals surface area (Å²) in [6, 6.07) is 2.11. The molecule has 1 aliphatic carbocycles. The van der Waals surface area contributed by atoms with Crippen LogP contribution < -0.4 is 0 Å². The van der Waals surface area contributed by atoms with Crippen molar-refractivity contribution in [1.29, 1.82) is 0 Å². The highest BCUT2D eigenvalue weighted by Crippen LogP contribution is 2.33. The number of fused-ring (bicyclic) bond motifs is 1. The molecule has 0 N–H and O–H groups in total. The fraction of sp³-hybridized carbons (Fsp3) is 0.688. The largest absolute Gasteiger partial charge is 0.338 e. The molecule has 0 spiro atoms. The van der Waals surface area contributed by atoms with E-state index in [1.54, 1.807) is 16.2 Å². The van der Waals surface area contributed by atoms with Gasteiger partial charge >= 0.3 is 0 Å². The molecule has 1 aliphatic heterocycles. The zero-order chi connectivity index (χ0) is 15.9. The summed E-state index contributed by atoms with van der Waals surface area (Å²) < 4.78 is 23.0. The van der Waals surface area contributed by atoms with Gasteiger partial charge in [0.05, 0.1) is 16.4 Å². The van der Waals surface area contributed by atoms with Crippen LogP contribution >= 0.6 is 11.3 Å². The number of carbonyl (C=O) groups is 1. The first-order valence-electron chi connectivity index (χ1n) is 7.95. The van der Waals surface area contributed by atoms with Crippen LogP contribution in [0.25, 0.3) is 0 Å². The first-order chi connectivity index (χ1) is 10.4. The van der Waals surface area contributed by atoms with Crippen molar-refractivity contribution < 1.29 is 13.2 Å². The molecular formula is C16H23NO3S2. The molecule has 122 valence electrons. The molecule has 1 amide bonds. The fourth-order valence-corrected chi connectivity index (χ4v) is 6.07. The van der Waals surface area contributed by atoms with Gasteiger partial charge in [-0.15, -0.1) is 11.3 Å². The molecule has 0 saturated carbocycles. The van der Waals surface area contributed by atoms with Crippen LogP contribution in [0.1, 0.15) is 46.3 Å². The number of aryl methyl sites for hydroxylation is 1. The van der Waals surface area contributed by atoms with E-state index in [2.05, 4.69) is 13.0 Å². The molecule has 1 atom stereocenters. The molecule has 1 aromatic heterocycles. The quantitative estimate of drug-likeness (QED) is 0.830. The molecule has 1 fully saturated rings. The van der Waals surface area contributed by atoms with Crippen LogP contribution in [-0.4, -0.2) is 43.8 Å². The van der Waals surface area contributed by atoms with Gasteiger partial charge in [0.1, 0.15) is 9.84 Å². The van der Waals surface area contributed by atoms with Crippen LogP contribution in [0.2, 0.25) is 0 Å². The van der Waals surface area contributed by atoms with Gasteiger partial charge in [0.25, 0.3) is 5.91 Å². The SMILES string of the molecule is C[C@@H]1CCc2sc(C(=O)N(C)C3CCS(=O)(=O)CC3)cc2C1. The maximum atomic E-state index is 12.7. The molecule has 2 heterocycles. The molecular weight excluding hydrogens is 318 g/mol. The first kappa shape index (κ1) is 16.0. The van der Waals surface area contributed by atoms with Gasteiger partial charge in [-0.3, -0.25) is 4.79 Å². The maximum absolute atomic E-state index is 12.7. The highest BCUT2D eigenvalue weighted by molar-refractivity contribution is 7.91. The number of hydrogen-bond acceptors (Lipinski definition) is 4. The van der Waals surface area contributed by atoms with Gasteiger partial charge in [0, 0.05) is 18.0 Å². The lowest BCUT2D eigenvalue weighted by Gasteiger charge is -2.30. The first-order valence-corrected chi connectivity index (χ1v) is 10.6. The Hall–Kier alpha value is -0.880. The van der Waals surface area contributed by atoms with Gasteiger partial charge < -0.3 is 4.90 Å². The standard InChI is InChI=1S/C16H23NO3S2/c1-11-3-4-14-12(9-11)10-15(21-14)16(18)17(2)13-5-7-22(19,20)8-6-13/h10-11,13H,3-9H2,1-2H3/t11-/m1/s1. The van der Waals surface area contributed by atoms with E-state index in [-0.39, 0.29) is 23.5 Å². The third-order valence-electron chi connectivity index (χ3n) is 4.93. The van der Waals surface area contributed by atoms with E-state index in [1.165, 1.54) is 16.9 Å². The van der Waals surface area contributed by atoms with Crippen molar-refractivity contribution >= 4 is 27.1 Å². The predicted molar refractivity (Wildman–Crippen MR) is 89.3 cm³/mol. The molecule has 3 rings (SSSR count). The Morgan fingerprint density at radius 3 is 2.64 bits per heavy atom. The Balaban J connectivity index is 1.71. The Kier molecular flexibility index (Phi) is 4.34. The summed E-state index contributed by atoms with van der Waals surface area (Å²) in [5.41, 5.74) is 1.34. The molecule has 6 heteroatoms. The van der Waals surface area contributed by atoms with Gasteiger partial charge in [0.15, 0.2) is 0 Å². The minimum absolute atomic E-state index is 0.0501. The number of amides is 1. The van der Waals surface area contributed by atoms with Gasteiger partial charge in [-0.25, -0.2) is 8.42 Å². The van der Waals surface area contributed by atoms with Crippen molar-refractivity contribution in [3.05, 3.63) is 21.4 Å². The van der Waals surface area contributed by atoms with E-state index in [0.29, 0.717) is 18.8 Å². The van der Waals surface area contributed by atoms with E-state index in [1.807, 2.05) is 7.05 Å². The lowest BCUT2D eigenvalue weighted by molar-refractivity contribution is 0.0726.